The summed E-state index contributed by atoms with van der Waals surface area (Å²) in [5, 5.41) is 3.71. The van der Waals surface area contributed by atoms with Gasteiger partial charge in [-0.25, -0.2) is 0 Å². The van der Waals surface area contributed by atoms with E-state index < -0.39 is 0 Å². The third-order valence-electron chi connectivity index (χ3n) is 2.94. The summed E-state index contributed by atoms with van der Waals surface area (Å²) in [7, 11) is 3.11. The van der Waals surface area contributed by atoms with E-state index in [1.165, 1.54) is 23.2 Å². The summed E-state index contributed by atoms with van der Waals surface area (Å²) >= 11 is 1.41. The Bertz CT molecular complexity index is 788. The van der Waals surface area contributed by atoms with Crippen molar-refractivity contribution in [3.8, 4) is 5.75 Å². The fraction of sp³-hybridized carbons (Fsp3) is 0.154. The van der Waals surface area contributed by atoms with Crippen LogP contribution in [0.4, 0.5) is 0 Å². The molecule has 1 aromatic carbocycles. The van der Waals surface area contributed by atoms with Crippen LogP contribution in [0.2, 0.25) is 0 Å². The summed E-state index contributed by atoms with van der Waals surface area (Å²) in [6.45, 7) is 0. The van der Waals surface area contributed by atoms with E-state index in [0.717, 1.165) is 16.5 Å². The SMILES string of the molecule is COc1cccc2c1c1ccsc1c(=O)n2OC. The van der Waals surface area contributed by atoms with Gasteiger partial charge in [0, 0.05) is 5.39 Å². The first-order valence-electron chi connectivity index (χ1n) is 5.41. The number of aromatic nitrogens is 1. The molecule has 0 atom stereocenters. The summed E-state index contributed by atoms with van der Waals surface area (Å²) in [5.41, 5.74) is 0.580. The van der Waals surface area contributed by atoms with Crippen LogP contribution in [0.5, 0.6) is 5.75 Å². The fourth-order valence-corrected chi connectivity index (χ4v) is 3.01. The van der Waals surface area contributed by atoms with Crippen molar-refractivity contribution < 1.29 is 9.57 Å². The number of thiophene rings is 1. The molecule has 2 aromatic heterocycles. The minimum Gasteiger partial charge on any atom is -0.496 e. The maximum Gasteiger partial charge on any atom is 0.301 e. The Morgan fingerprint density at radius 3 is 2.78 bits per heavy atom. The van der Waals surface area contributed by atoms with Crippen LogP contribution in [0.25, 0.3) is 21.0 Å². The Labute approximate surface area is 107 Å². The lowest BCUT2D eigenvalue weighted by Gasteiger charge is -2.11. The van der Waals surface area contributed by atoms with E-state index in [4.69, 9.17) is 9.57 Å². The molecule has 0 radical (unpaired) electrons. The zero-order valence-corrected chi connectivity index (χ0v) is 10.8. The van der Waals surface area contributed by atoms with Crippen LogP contribution in [0.3, 0.4) is 0 Å². The molecule has 0 spiro atoms. The lowest BCUT2D eigenvalue weighted by Crippen LogP contribution is -2.24. The van der Waals surface area contributed by atoms with Crippen molar-refractivity contribution in [2.45, 2.75) is 0 Å². The van der Waals surface area contributed by atoms with Gasteiger partial charge in [0.25, 0.3) is 0 Å². The van der Waals surface area contributed by atoms with Gasteiger partial charge in [-0.1, -0.05) is 6.07 Å². The van der Waals surface area contributed by atoms with Gasteiger partial charge in [-0.2, -0.15) is 0 Å². The number of hydrogen-bond acceptors (Lipinski definition) is 4. The topological polar surface area (TPSA) is 40.5 Å². The van der Waals surface area contributed by atoms with Crippen molar-refractivity contribution in [1.29, 1.82) is 0 Å². The molecule has 3 rings (SSSR count). The molecule has 2 heterocycles. The first kappa shape index (κ1) is 11.1. The normalized spacial score (nSPS) is 11.0. The van der Waals surface area contributed by atoms with Gasteiger partial charge < -0.3 is 9.57 Å². The second kappa shape index (κ2) is 4.03. The number of rotatable bonds is 2. The van der Waals surface area contributed by atoms with Crippen molar-refractivity contribution in [3.05, 3.63) is 40.0 Å². The molecule has 0 amide bonds. The Kier molecular flexibility index (Phi) is 2.48. The quantitative estimate of drug-likeness (QED) is 0.710. The zero-order valence-electron chi connectivity index (χ0n) is 9.97. The molecule has 0 unspecified atom stereocenters. The maximum absolute atomic E-state index is 12.2. The number of benzene rings is 1. The average molecular weight is 261 g/mol. The van der Waals surface area contributed by atoms with E-state index in [2.05, 4.69) is 0 Å². The smallest absolute Gasteiger partial charge is 0.301 e. The number of pyridine rings is 1. The van der Waals surface area contributed by atoms with E-state index in [9.17, 15) is 4.79 Å². The van der Waals surface area contributed by atoms with Crippen LogP contribution >= 0.6 is 11.3 Å². The first-order valence-corrected chi connectivity index (χ1v) is 6.29. The molecule has 0 aliphatic heterocycles. The van der Waals surface area contributed by atoms with Crippen LogP contribution in [0.1, 0.15) is 0 Å². The predicted octanol–water partition coefficient (Wildman–Crippen LogP) is 2.28. The van der Waals surface area contributed by atoms with Crippen molar-refractivity contribution in [2.24, 2.45) is 0 Å². The van der Waals surface area contributed by atoms with Crippen LogP contribution in [0, 0.1) is 0 Å². The first-order chi connectivity index (χ1) is 8.77. The molecule has 0 bridgehead atoms. The third-order valence-corrected chi connectivity index (χ3v) is 3.84. The number of fused-ring (bicyclic) bond motifs is 3. The Morgan fingerprint density at radius 1 is 1.22 bits per heavy atom. The van der Waals surface area contributed by atoms with Gasteiger partial charge in [-0.15, -0.1) is 16.1 Å². The fourth-order valence-electron chi connectivity index (χ4n) is 2.18. The molecule has 18 heavy (non-hydrogen) atoms. The molecule has 92 valence electrons. The van der Waals surface area contributed by atoms with Gasteiger partial charge in [0.05, 0.1) is 18.0 Å². The van der Waals surface area contributed by atoms with E-state index >= 15 is 0 Å². The van der Waals surface area contributed by atoms with Crippen LogP contribution in [-0.2, 0) is 0 Å². The highest BCUT2D eigenvalue weighted by Crippen LogP contribution is 2.32. The average Bonchev–Trinajstić information content (AvgIpc) is 2.88. The Morgan fingerprint density at radius 2 is 2.06 bits per heavy atom. The number of methoxy groups -OCH3 is 1. The predicted molar refractivity (Wildman–Crippen MR) is 72.6 cm³/mol. The standard InChI is InChI=1S/C13H11NO3S/c1-16-10-5-3-4-9-11(10)8-6-7-18-12(8)13(15)14(9)17-2/h3-7H,1-2H3. The van der Waals surface area contributed by atoms with Crippen LogP contribution in [-0.4, -0.2) is 19.0 Å². The van der Waals surface area contributed by atoms with Crippen LogP contribution in [0.15, 0.2) is 34.4 Å². The van der Waals surface area contributed by atoms with Gasteiger partial charge in [0.1, 0.15) is 17.6 Å². The molecule has 5 heteroatoms. The highest BCUT2D eigenvalue weighted by Gasteiger charge is 2.15. The molecule has 0 fully saturated rings. The lowest BCUT2D eigenvalue weighted by molar-refractivity contribution is 0.170. The number of ether oxygens (including phenoxy) is 1. The highest BCUT2D eigenvalue weighted by atomic mass is 32.1. The number of hydrogen-bond donors (Lipinski definition) is 0. The second-order valence-electron chi connectivity index (χ2n) is 3.80. The minimum atomic E-state index is -0.136. The monoisotopic (exact) mass is 261 g/mol. The summed E-state index contributed by atoms with van der Waals surface area (Å²) in [6, 6.07) is 7.50. The van der Waals surface area contributed by atoms with Gasteiger partial charge in [-0.3, -0.25) is 4.79 Å². The molecule has 4 nitrogen and oxygen atoms in total. The number of nitrogens with zero attached hydrogens (tertiary/aromatic N) is 1. The van der Waals surface area contributed by atoms with Crippen molar-refractivity contribution in [1.82, 2.24) is 4.73 Å². The second-order valence-corrected chi connectivity index (χ2v) is 4.72. The molecular formula is C13H11NO3S. The van der Waals surface area contributed by atoms with E-state index in [1.807, 2.05) is 29.6 Å². The maximum atomic E-state index is 12.2. The van der Waals surface area contributed by atoms with E-state index in [0.29, 0.717) is 10.2 Å². The third kappa shape index (κ3) is 1.34. The van der Waals surface area contributed by atoms with Gasteiger partial charge >= 0.3 is 5.56 Å². The molecule has 0 saturated carbocycles. The van der Waals surface area contributed by atoms with E-state index in [-0.39, 0.29) is 5.56 Å². The summed E-state index contributed by atoms with van der Waals surface area (Å²) in [4.78, 5) is 17.4. The zero-order chi connectivity index (χ0) is 12.7. The molecule has 0 N–H and O–H groups in total. The highest BCUT2D eigenvalue weighted by molar-refractivity contribution is 7.17. The molecule has 3 aromatic rings. The minimum absolute atomic E-state index is 0.136. The van der Waals surface area contributed by atoms with E-state index in [1.54, 1.807) is 7.11 Å². The molecule has 0 aliphatic carbocycles. The van der Waals surface area contributed by atoms with Crippen molar-refractivity contribution in [2.75, 3.05) is 14.2 Å². The summed E-state index contributed by atoms with van der Waals surface area (Å²) < 4.78 is 7.36. The Balaban J connectivity index is 2.67. The van der Waals surface area contributed by atoms with Crippen molar-refractivity contribution >= 4 is 32.3 Å². The van der Waals surface area contributed by atoms with Crippen LogP contribution < -0.4 is 15.1 Å². The molecule has 0 aliphatic rings. The van der Waals surface area contributed by atoms with Gasteiger partial charge in [0.2, 0.25) is 0 Å². The van der Waals surface area contributed by atoms with Gasteiger partial charge in [-0.05, 0) is 23.6 Å². The Hall–Kier alpha value is -2.01. The lowest BCUT2D eigenvalue weighted by atomic mass is 10.1. The largest absolute Gasteiger partial charge is 0.496 e. The summed E-state index contributed by atoms with van der Waals surface area (Å²) in [6.07, 6.45) is 0. The van der Waals surface area contributed by atoms with Crippen molar-refractivity contribution in [3.63, 3.8) is 0 Å². The molecular weight excluding hydrogens is 250 g/mol. The van der Waals surface area contributed by atoms with Gasteiger partial charge in [0.15, 0.2) is 0 Å². The summed E-state index contributed by atoms with van der Waals surface area (Å²) in [5.74, 6) is 0.738. The molecule has 0 saturated heterocycles.